The first-order valence-electron chi connectivity index (χ1n) is 13.6. The number of urea groups is 1. The largest absolute Gasteiger partial charge is 0.497 e. The molecule has 3 aromatic rings. The predicted octanol–water partition coefficient (Wildman–Crippen LogP) is 5.80. The van der Waals surface area contributed by atoms with Crippen LogP contribution in [0.15, 0.2) is 78.4 Å². The molecule has 1 aliphatic rings. The molecule has 1 heterocycles. The Morgan fingerprint density at radius 3 is 2.27 bits per heavy atom. The van der Waals surface area contributed by atoms with Crippen molar-refractivity contribution in [2.45, 2.75) is 32.7 Å². The summed E-state index contributed by atoms with van der Waals surface area (Å²) in [5.74, 6) is 0.0802. The molecule has 3 amide bonds. The molecule has 0 radical (unpaired) electrons. The molecule has 2 N–H and O–H groups in total. The SMILES string of the molecule is CCCCN1C(=O)N[C@H](c2cccc(NC(=O)c3cc(OC)cc(OC)c3)c2)C(C(=O)OCC)=C1c1ccccc1. The van der Waals surface area contributed by atoms with E-state index in [1.54, 1.807) is 54.3 Å². The van der Waals surface area contributed by atoms with Crippen LogP contribution in [-0.2, 0) is 9.53 Å². The zero-order chi connectivity index (χ0) is 29.4. The van der Waals surface area contributed by atoms with Crippen molar-refractivity contribution in [1.29, 1.82) is 0 Å². The lowest BCUT2D eigenvalue weighted by Gasteiger charge is -2.37. The molecule has 3 aromatic carbocycles. The fourth-order valence-corrected chi connectivity index (χ4v) is 4.71. The van der Waals surface area contributed by atoms with Gasteiger partial charge in [-0.05, 0) is 48.7 Å². The van der Waals surface area contributed by atoms with Gasteiger partial charge in [0.15, 0.2) is 0 Å². The second kappa shape index (κ2) is 13.5. The summed E-state index contributed by atoms with van der Waals surface area (Å²) in [4.78, 5) is 41.8. The van der Waals surface area contributed by atoms with E-state index in [1.807, 2.05) is 37.3 Å². The average molecular weight is 558 g/mol. The summed E-state index contributed by atoms with van der Waals surface area (Å²) >= 11 is 0. The minimum Gasteiger partial charge on any atom is -0.497 e. The van der Waals surface area contributed by atoms with Gasteiger partial charge in [-0.1, -0.05) is 55.8 Å². The zero-order valence-corrected chi connectivity index (χ0v) is 23.7. The number of methoxy groups -OCH3 is 2. The average Bonchev–Trinajstić information content (AvgIpc) is 3.00. The van der Waals surface area contributed by atoms with Crippen LogP contribution in [0.4, 0.5) is 10.5 Å². The minimum absolute atomic E-state index is 0.181. The van der Waals surface area contributed by atoms with Crippen LogP contribution >= 0.6 is 0 Å². The molecule has 0 unspecified atom stereocenters. The minimum atomic E-state index is -0.802. The Bertz CT molecular complexity index is 1410. The van der Waals surface area contributed by atoms with Crippen LogP contribution in [0.1, 0.15) is 54.2 Å². The topological polar surface area (TPSA) is 106 Å². The van der Waals surface area contributed by atoms with Crippen molar-refractivity contribution in [3.63, 3.8) is 0 Å². The molecule has 214 valence electrons. The Balaban J connectivity index is 1.77. The summed E-state index contributed by atoms with van der Waals surface area (Å²) in [6.07, 6.45) is 1.64. The third-order valence-electron chi connectivity index (χ3n) is 6.70. The first-order valence-corrected chi connectivity index (χ1v) is 13.6. The number of carbonyl (C=O) groups excluding carboxylic acids is 3. The normalized spacial score (nSPS) is 14.8. The number of unbranched alkanes of at least 4 members (excludes halogenated alkanes) is 1. The Kier molecular flexibility index (Phi) is 9.63. The van der Waals surface area contributed by atoms with Gasteiger partial charge in [0, 0.05) is 23.9 Å². The van der Waals surface area contributed by atoms with Crippen molar-refractivity contribution >= 4 is 29.3 Å². The van der Waals surface area contributed by atoms with Crippen LogP contribution in [0, 0.1) is 0 Å². The molecule has 0 fully saturated rings. The molecular weight excluding hydrogens is 522 g/mol. The second-order valence-corrected chi connectivity index (χ2v) is 9.42. The summed E-state index contributed by atoms with van der Waals surface area (Å²) in [5, 5.41) is 5.90. The van der Waals surface area contributed by atoms with Gasteiger partial charge in [-0.2, -0.15) is 0 Å². The van der Waals surface area contributed by atoms with Gasteiger partial charge in [-0.15, -0.1) is 0 Å². The summed E-state index contributed by atoms with van der Waals surface area (Å²) in [7, 11) is 3.03. The highest BCUT2D eigenvalue weighted by Gasteiger charge is 2.38. The van der Waals surface area contributed by atoms with Gasteiger partial charge in [0.2, 0.25) is 0 Å². The highest BCUT2D eigenvalue weighted by molar-refractivity contribution is 6.06. The third-order valence-corrected chi connectivity index (χ3v) is 6.70. The number of anilines is 1. The maximum absolute atomic E-state index is 13.5. The van der Waals surface area contributed by atoms with E-state index in [1.165, 1.54) is 14.2 Å². The number of benzene rings is 3. The highest BCUT2D eigenvalue weighted by atomic mass is 16.5. The van der Waals surface area contributed by atoms with Crippen molar-refractivity contribution in [1.82, 2.24) is 10.2 Å². The van der Waals surface area contributed by atoms with Crippen LogP contribution in [-0.4, -0.2) is 50.2 Å². The molecule has 9 nitrogen and oxygen atoms in total. The van der Waals surface area contributed by atoms with Gasteiger partial charge < -0.3 is 24.8 Å². The van der Waals surface area contributed by atoms with E-state index >= 15 is 0 Å². The Morgan fingerprint density at radius 1 is 0.927 bits per heavy atom. The maximum atomic E-state index is 13.5. The number of nitrogens with one attached hydrogen (secondary N) is 2. The van der Waals surface area contributed by atoms with Crippen LogP contribution in [0.2, 0.25) is 0 Å². The standard InChI is InChI=1S/C32H35N3O6/c1-5-7-16-35-29(21-12-9-8-10-13-21)27(31(37)41-6-2)28(34-32(35)38)22-14-11-15-24(17-22)33-30(36)23-18-25(39-3)20-26(19-23)40-4/h8-15,17-20,28H,5-7,16H2,1-4H3,(H,33,36)(H,34,38)/t28-/m1/s1. The first-order chi connectivity index (χ1) is 19.9. The van der Waals surface area contributed by atoms with Crippen LogP contribution in [0.3, 0.4) is 0 Å². The lowest BCUT2D eigenvalue weighted by molar-refractivity contribution is -0.138. The molecule has 9 heteroatoms. The fourth-order valence-electron chi connectivity index (χ4n) is 4.71. The molecule has 4 rings (SSSR count). The number of esters is 1. The molecule has 41 heavy (non-hydrogen) atoms. The van der Waals surface area contributed by atoms with Gasteiger partial charge in [0.25, 0.3) is 5.91 Å². The Labute approximate surface area is 240 Å². The molecule has 0 aliphatic carbocycles. The molecule has 1 aliphatic heterocycles. The number of nitrogens with zero attached hydrogens (tertiary/aromatic N) is 1. The van der Waals surface area contributed by atoms with E-state index in [0.717, 1.165) is 18.4 Å². The van der Waals surface area contributed by atoms with E-state index < -0.39 is 12.0 Å². The number of hydrogen-bond acceptors (Lipinski definition) is 6. The molecule has 0 spiro atoms. The number of amides is 3. The zero-order valence-electron chi connectivity index (χ0n) is 23.7. The summed E-state index contributed by atoms with van der Waals surface area (Å²) in [5.41, 5.74) is 3.04. The van der Waals surface area contributed by atoms with Crippen molar-refractivity contribution in [2.24, 2.45) is 0 Å². The third kappa shape index (κ3) is 6.69. The molecule has 0 aromatic heterocycles. The Morgan fingerprint density at radius 2 is 1.63 bits per heavy atom. The van der Waals surface area contributed by atoms with Crippen molar-refractivity contribution in [3.05, 3.63) is 95.1 Å². The monoisotopic (exact) mass is 557 g/mol. The van der Waals surface area contributed by atoms with Crippen LogP contribution in [0.25, 0.3) is 5.70 Å². The second-order valence-electron chi connectivity index (χ2n) is 9.42. The summed E-state index contributed by atoms with van der Waals surface area (Å²) in [6, 6.07) is 20.2. The summed E-state index contributed by atoms with van der Waals surface area (Å²) < 4.78 is 16.1. The molecule has 0 saturated carbocycles. The molecule has 1 atom stereocenters. The van der Waals surface area contributed by atoms with E-state index in [4.69, 9.17) is 14.2 Å². The molecule has 0 saturated heterocycles. The number of hydrogen-bond donors (Lipinski definition) is 2. The van der Waals surface area contributed by atoms with Gasteiger partial charge in [0.1, 0.15) is 11.5 Å². The molecular formula is C32H35N3O6. The predicted molar refractivity (Wildman–Crippen MR) is 157 cm³/mol. The van der Waals surface area contributed by atoms with E-state index in [-0.39, 0.29) is 18.5 Å². The Hall–Kier alpha value is -4.79. The van der Waals surface area contributed by atoms with Gasteiger partial charge >= 0.3 is 12.0 Å². The lowest BCUT2D eigenvalue weighted by Crippen LogP contribution is -2.48. The van der Waals surface area contributed by atoms with E-state index in [0.29, 0.717) is 46.1 Å². The van der Waals surface area contributed by atoms with Crippen LogP contribution < -0.4 is 20.1 Å². The molecule has 0 bridgehead atoms. The van der Waals surface area contributed by atoms with Gasteiger partial charge in [-0.25, -0.2) is 9.59 Å². The summed E-state index contributed by atoms with van der Waals surface area (Å²) in [6.45, 7) is 4.42. The smallest absolute Gasteiger partial charge is 0.338 e. The van der Waals surface area contributed by atoms with Crippen molar-refractivity contribution < 1.29 is 28.6 Å². The highest BCUT2D eigenvalue weighted by Crippen LogP contribution is 2.37. The fraction of sp³-hybridized carbons (Fsp3) is 0.281. The lowest BCUT2D eigenvalue weighted by atomic mass is 9.91. The maximum Gasteiger partial charge on any atom is 0.338 e. The van der Waals surface area contributed by atoms with E-state index in [9.17, 15) is 14.4 Å². The number of ether oxygens (including phenoxy) is 3. The van der Waals surface area contributed by atoms with E-state index in [2.05, 4.69) is 10.6 Å². The van der Waals surface area contributed by atoms with Crippen molar-refractivity contribution in [2.75, 3.05) is 32.7 Å². The number of rotatable bonds is 11. The quantitative estimate of drug-likeness (QED) is 0.289. The van der Waals surface area contributed by atoms with Gasteiger partial charge in [-0.3, -0.25) is 9.69 Å². The van der Waals surface area contributed by atoms with Crippen molar-refractivity contribution in [3.8, 4) is 11.5 Å². The first kappa shape index (κ1) is 29.2. The number of carbonyl (C=O) groups is 3. The van der Waals surface area contributed by atoms with Gasteiger partial charge in [0.05, 0.1) is 38.1 Å². The van der Waals surface area contributed by atoms with Crippen LogP contribution in [0.5, 0.6) is 11.5 Å².